The van der Waals surface area contributed by atoms with Gasteiger partial charge in [-0.15, -0.1) is 0 Å². The zero-order valence-electron chi connectivity index (χ0n) is 12.0. The van der Waals surface area contributed by atoms with Crippen molar-refractivity contribution in [2.24, 2.45) is 5.92 Å². The van der Waals surface area contributed by atoms with E-state index >= 15 is 0 Å². The second-order valence-electron chi connectivity index (χ2n) is 6.14. The van der Waals surface area contributed by atoms with E-state index in [1.807, 2.05) is 20.8 Å². The third-order valence-electron chi connectivity index (χ3n) is 2.85. The summed E-state index contributed by atoms with van der Waals surface area (Å²) in [5, 5.41) is 14.6. The van der Waals surface area contributed by atoms with Gasteiger partial charge in [-0.1, -0.05) is 0 Å². The molecule has 0 bridgehead atoms. The molecule has 0 atom stereocenters. The van der Waals surface area contributed by atoms with Crippen LogP contribution < -0.4 is 16.0 Å². The van der Waals surface area contributed by atoms with Gasteiger partial charge in [-0.25, -0.2) is 4.79 Å². The second-order valence-corrected chi connectivity index (χ2v) is 6.14. The SMILES string of the molecule is CC(C)(C)NC(=O)Nc1cn[nH]c1C(=O)NCC1CC1. The minimum Gasteiger partial charge on any atom is -0.350 e. The highest BCUT2D eigenvalue weighted by Crippen LogP contribution is 2.27. The average Bonchev–Trinajstić information content (AvgIpc) is 3.03. The van der Waals surface area contributed by atoms with Gasteiger partial charge < -0.3 is 16.0 Å². The molecule has 1 aromatic heterocycles. The first-order valence-electron chi connectivity index (χ1n) is 6.76. The average molecular weight is 279 g/mol. The third kappa shape index (κ3) is 4.25. The van der Waals surface area contributed by atoms with Gasteiger partial charge in [-0.05, 0) is 39.5 Å². The van der Waals surface area contributed by atoms with E-state index in [4.69, 9.17) is 0 Å². The molecule has 0 aromatic carbocycles. The number of nitrogens with zero attached hydrogens (tertiary/aromatic N) is 1. The molecule has 0 saturated heterocycles. The van der Waals surface area contributed by atoms with Crippen LogP contribution in [-0.4, -0.2) is 34.2 Å². The van der Waals surface area contributed by atoms with Gasteiger partial charge in [-0.3, -0.25) is 9.89 Å². The summed E-state index contributed by atoms with van der Waals surface area (Å²) < 4.78 is 0. The lowest BCUT2D eigenvalue weighted by atomic mass is 10.1. The summed E-state index contributed by atoms with van der Waals surface area (Å²) in [6.07, 6.45) is 3.76. The Balaban J connectivity index is 1.93. The monoisotopic (exact) mass is 279 g/mol. The van der Waals surface area contributed by atoms with Crippen molar-refractivity contribution in [2.45, 2.75) is 39.2 Å². The van der Waals surface area contributed by atoms with Crippen LogP contribution in [0.4, 0.5) is 10.5 Å². The predicted octanol–water partition coefficient (Wildman–Crippen LogP) is 1.47. The summed E-state index contributed by atoms with van der Waals surface area (Å²) in [4.78, 5) is 23.8. The first-order valence-corrected chi connectivity index (χ1v) is 6.76. The molecule has 1 saturated carbocycles. The number of hydrogen-bond donors (Lipinski definition) is 4. The Kier molecular flexibility index (Phi) is 3.96. The molecule has 0 unspecified atom stereocenters. The highest BCUT2D eigenvalue weighted by atomic mass is 16.2. The molecule has 7 heteroatoms. The number of anilines is 1. The third-order valence-corrected chi connectivity index (χ3v) is 2.85. The lowest BCUT2D eigenvalue weighted by molar-refractivity contribution is 0.0947. The number of aromatic nitrogens is 2. The van der Waals surface area contributed by atoms with Crippen molar-refractivity contribution in [3.05, 3.63) is 11.9 Å². The van der Waals surface area contributed by atoms with Gasteiger partial charge in [0.15, 0.2) is 0 Å². The minimum atomic E-state index is -0.366. The molecule has 1 aliphatic carbocycles. The number of H-pyrrole nitrogens is 1. The molecule has 0 spiro atoms. The quantitative estimate of drug-likeness (QED) is 0.671. The van der Waals surface area contributed by atoms with E-state index in [2.05, 4.69) is 26.1 Å². The number of amides is 3. The van der Waals surface area contributed by atoms with Crippen LogP contribution in [0, 0.1) is 5.92 Å². The maximum Gasteiger partial charge on any atom is 0.319 e. The van der Waals surface area contributed by atoms with Crippen LogP contribution in [-0.2, 0) is 0 Å². The molecule has 110 valence electrons. The normalized spacial score (nSPS) is 14.8. The lowest BCUT2D eigenvalue weighted by Gasteiger charge is -2.20. The van der Waals surface area contributed by atoms with Crippen LogP contribution in [0.25, 0.3) is 0 Å². The van der Waals surface area contributed by atoms with E-state index < -0.39 is 0 Å². The molecule has 0 radical (unpaired) electrons. The molecule has 1 aromatic rings. The first kappa shape index (κ1) is 14.4. The highest BCUT2D eigenvalue weighted by Gasteiger charge is 2.23. The van der Waals surface area contributed by atoms with Gasteiger partial charge in [0.1, 0.15) is 5.69 Å². The molecule has 0 aliphatic heterocycles. The molecule has 3 amide bonds. The molecular weight excluding hydrogens is 258 g/mol. The smallest absolute Gasteiger partial charge is 0.319 e. The first-order chi connectivity index (χ1) is 9.35. The summed E-state index contributed by atoms with van der Waals surface area (Å²) in [6, 6.07) is -0.366. The number of aromatic amines is 1. The number of carbonyl (C=O) groups excluding carboxylic acids is 2. The summed E-state index contributed by atoms with van der Waals surface area (Å²) >= 11 is 0. The van der Waals surface area contributed by atoms with Gasteiger partial charge in [0.2, 0.25) is 0 Å². The summed E-state index contributed by atoms with van der Waals surface area (Å²) in [5.41, 5.74) is 0.303. The molecule has 7 nitrogen and oxygen atoms in total. The Morgan fingerprint density at radius 3 is 2.70 bits per heavy atom. The van der Waals surface area contributed by atoms with Crippen LogP contribution in [0.15, 0.2) is 6.20 Å². The Bertz CT molecular complexity index is 499. The largest absolute Gasteiger partial charge is 0.350 e. The van der Waals surface area contributed by atoms with Crippen LogP contribution in [0.1, 0.15) is 44.1 Å². The molecule has 20 heavy (non-hydrogen) atoms. The standard InChI is InChI=1S/C13H21N5O2/c1-13(2,3)17-12(20)16-9-7-15-18-10(9)11(19)14-6-8-4-5-8/h7-8H,4-6H2,1-3H3,(H,14,19)(H,15,18)(H2,16,17,20). The minimum absolute atomic E-state index is 0.250. The van der Waals surface area contributed by atoms with Crippen molar-refractivity contribution in [3.63, 3.8) is 0 Å². The number of carbonyl (C=O) groups is 2. The lowest BCUT2D eigenvalue weighted by Crippen LogP contribution is -2.43. The fraction of sp³-hybridized carbons (Fsp3) is 0.615. The van der Waals surface area contributed by atoms with Crippen molar-refractivity contribution in [1.82, 2.24) is 20.8 Å². The van der Waals surface area contributed by atoms with Gasteiger partial charge >= 0.3 is 6.03 Å². The summed E-state index contributed by atoms with van der Waals surface area (Å²) in [7, 11) is 0. The molecule has 1 heterocycles. The maximum absolute atomic E-state index is 12.0. The van der Waals surface area contributed by atoms with Crippen molar-refractivity contribution in [3.8, 4) is 0 Å². The summed E-state index contributed by atoms with van der Waals surface area (Å²) in [5.74, 6) is 0.350. The zero-order valence-corrected chi connectivity index (χ0v) is 12.0. The predicted molar refractivity (Wildman–Crippen MR) is 75.6 cm³/mol. The number of nitrogens with one attached hydrogen (secondary N) is 4. The van der Waals surface area contributed by atoms with Crippen molar-refractivity contribution < 1.29 is 9.59 Å². The van der Waals surface area contributed by atoms with Crippen molar-refractivity contribution in [1.29, 1.82) is 0 Å². The van der Waals surface area contributed by atoms with Gasteiger partial charge in [0, 0.05) is 12.1 Å². The Morgan fingerprint density at radius 2 is 2.10 bits per heavy atom. The molecule has 4 N–H and O–H groups in total. The van der Waals surface area contributed by atoms with Crippen molar-refractivity contribution >= 4 is 17.6 Å². The molecule has 2 rings (SSSR count). The number of urea groups is 1. The van der Waals surface area contributed by atoms with Crippen LogP contribution >= 0.6 is 0 Å². The van der Waals surface area contributed by atoms with Crippen LogP contribution in [0.3, 0.4) is 0 Å². The summed E-state index contributed by atoms with van der Waals surface area (Å²) in [6.45, 7) is 6.31. The number of rotatable bonds is 4. The molecule has 1 fully saturated rings. The fourth-order valence-corrected chi connectivity index (χ4v) is 1.70. The Morgan fingerprint density at radius 1 is 1.40 bits per heavy atom. The van der Waals surface area contributed by atoms with Gasteiger partial charge in [-0.2, -0.15) is 5.10 Å². The van der Waals surface area contributed by atoms with E-state index in [1.54, 1.807) is 0 Å². The molecular formula is C13H21N5O2. The molecule has 1 aliphatic rings. The zero-order chi connectivity index (χ0) is 14.8. The van der Waals surface area contributed by atoms with Crippen LogP contribution in [0.5, 0.6) is 0 Å². The van der Waals surface area contributed by atoms with E-state index in [1.165, 1.54) is 19.0 Å². The van der Waals surface area contributed by atoms with E-state index in [0.717, 1.165) is 0 Å². The van der Waals surface area contributed by atoms with Gasteiger partial charge in [0.05, 0.1) is 11.9 Å². The maximum atomic E-state index is 12.0. The van der Waals surface area contributed by atoms with E-state index in [-0.39, 0.29) is 23.2 Å². The van der Waals surface area contributed by atoms with Crippen molar-refractivity contribution in [2.75, 3.05) is 11.9 Å². The Labute approximate surface area is 117 Å². The van der Waals surface area contributed by atoms with Crippen LogP contribution in [0.2, 0.25) is 0 Å². The second kappa shape index (κ2) is 5.52. The number of hydrogen-bond acceptors (Lipinski definition) is 3. The Hall–Kier alpha value is -2.05. The fourth-order valence-electron chi connectivity index (χ4n) is 1.70. The topological polar surface area (TPSA) is 98.9 Å². The van der Waals surface area contributed by atoms with E-state index in [0.29, 0.717) is 18.2 Å². The van der Waals surface area contributed by atoms with Gasteiger partial charge in [0.25, 0.3) is 5.91 Å². The highest BCUT2D eigenvalue weighted by molar-refractivity contribution is 6.01. The van der Waals surface area contributed by atoms with E-state index in [9.17, 15) is 9.59 Å².